The zero-order valence-corrected chi connectivity index (χ0v) is 20.5. The fourth-order valence-corrected chi connectivity index (χ4v) is 4.58. The number of aliphatic hydroxyl groups excluding tert-OH is 1. The largest absolute Gasteiger partial charge is 0.507 e. The minimum absolute atomic E-state index is 0.0513. The first-order valence-corrected chi connectivity index (χ1v) is 11.6. The maximum Gasteiger partial charge on any atom is 0.295 e. The fraction of sp³-hybridized carbons (Fsp3) is 0.241. The number of ketones is 1. The number of aliphatic hydroxyl groups is 1. The normalized spacial score (nSPS) is 17.2. The van der Waals surface area contributed by atoms with E-state index in [9.17, 15) is 19.1 Å². The summed E-state index contributed by atoms with van der Waals surface area (Å²) in [5.74, 6) is -2.54. The molecule has 3 aromatic carbocycles. The molecule has 0 spiro atoms. The van der Waals surface area contributed by atoms with Crippen LogP contribution in [0.15, 0.2) is 66.2 Å². The van der Waals surface area contributed by atoms with Crippen LogP contribution < -0.4 is 4.74 Å². The quantitative estimate of drug-likeness (QED) is 0.260. The Balaban J connectivity index is 1.93. The minimum Gasteiger partial charge on any atom is -0.507 e. The zero-order valence-electron chi connectivity index (χ0n) is 20.5. The SMILES string of the molecule is COc1cc(C)c(/C(O)=C2\C(=O)C(=O)N(Cc3ccc(F)cc3)C2c2ccccc2F)cc1C(C)C. The van der Waals surface area contributed by atoms with Crippen LogP contribution in [-0.4, -0.2) is 28.8 Å². The number of benzene rings is 3. The number of likely N-dealkylation sites (tertiary alicyclic amines) is 1. The zero-order chi connectivity index (χ0) is 26.1. The van der Waals surface area contributed by atoms with Gasteiger partial charge < -0.3 is 14.7 Å². The van der Waals surface area contributed by atoms with Crippen molar-refractivity contribution in [2.45, 2.75) is 39.3 Å². The first-order valence-electron chi connectivity index (χ1n) is 11.6. The summed E-state index contributed by atoms with van der Waals surface area (Å²) in [6, 6.07) is 13.7. The Hall–Kier alpha value is -4.00. The first-order chi connectivity index (χ1) is 17.1. The monoisotopic (exact) mass is 491 g/mol. The van der Waals surface area contributed by atoms with Gasteiger partial charge in [0.05, 0.1) is 18.7 Å². The Labute approximate surface area is 208 Å². The molecule has 0 radical (unpaired) electrons. The predicted molar refractivity (Wildman–Crippen MR) is 132 cm³/mol. The van der Waals surface area contributed by atoms with Crippen LogP contribution in [0.1, 0.15) is 53.6 Å². The van der Waals surface area contributed by atoms with Crippen LogP contribution >= 0.6 is 0 Å². The van der Waals surface area contributed by atoms with Gasteiger partial charge in [-0.2, -0.15) is 0 Å². The number of carbonyl (C=O) groups excluding carboxylic acids is 2. The second kappa shape index (κ2) is 9.93. The minimum atomic E-state index is -1.17. The number of rotatable bonds is 6. The van der Waals surface area contributed by atoms with E-state index in [1.807, 2.05) is 13.8 Å². The van der Waals surface area contributed by atoms with Gasteiger partial charge in [0.2, 0.25) is 0 Å². The van der Waals surface area contributed by atoms with Crippen LogP contribution in [0.2, 0.25) is 0 Å². The van der Waals surface area contributed by atoms with Crippen LogP contribution in [-0.2, 0) is 16.1 Å². The Morgan fingerprint density at radius 3 is 2.33 bits per heavy atom. The number of aryl methyl sites for hydroxylation is 1. The van der Waals surface area contributed by atoms with Crippen LogP contribution in [0.25, 0.3) is 5.76 Å². The van der Waals surface area contributed by atoms with Gasteiger partial charge in [0.25, 0.3) is 11.7 Å². The van der Waals surface area contributed by atoms with Crippen molar-refractivity contribution >= 4 is 17.4 Å². The fourth-order valence-electron chi connectivity index (χ4n) is 4.58. The van der Waals surface area contributed by atoms with Crippen molar-refractivity contribution in [2.24, 2.45) is 0 Å². The number of amides is 1. The average Bonchev–Trinajstić information content (AvgIpc) is 3.09. The van der Waals surface area contributed by atoms with Gasteiger partial charge in [0.1, 0.15) is 23.1 Å². The van der Waals surface area contributed by atoms with Crippen LogP contribution in [0.3, 0.4) is 0 Å². The lowest BCUT2D eigenvalue weighted by molar-refractivity contribution is -0.140. The molecule has 3 aromatic rings. The molecule has 4 rings (SSSR count). The van der Waals surface area contributed by atoms with Crippen molar-refractivity contribution in [1.82, 2.24) is 4.90 Å². The van der Waals surface area contributed by atoms with Crippen molar-refractivity contribution in [3.8, 4) is 5.75 Å². The summed E-state index contributed by atoms with van der Waals surface area (Å²) in [5, 5.41) is 11.5. The number of Topliss-reactive ketones (excluding diaryl/α,β-unsaturated/α-hetero) is 1. The van der Waals surface area contributed by atoms with Gasteiger partial charge in [0, 0.05) is 17.7 Å². The summed E-state index contributed by atoms with van der Waals surface area (Å²) in [6.45, 7) is 5.63. The topological polar surface area (TPSA) is 66.8 Å². The average molecular weight is 492 g/mol. The van der Waals surface area contributed by atoms with Gasteiger partial charge in [-0.25, -0.2) is 8.78 Å². The van der Waals surface area contributed by atoms with Crippen molar-refractivity contribution in [3.63, 3.8) is 0 Å². The molecule has 36 heavy (non-hydrogen) atoms. The molecule has 0 bridgehead atoms. The van der Waals surface area contributed by atoms with E-state index >= 15 is 4.39 Å². The van der Waals surface area contributed by atoms with Crippen molar-refractivity contribution in [1.29, 1.82) is 0 Å². The smallest absolute Gasteiger partial charge is 0.295 e. The van der Waals surface area contributed by atoms with E-state index in [4.69, 9.17) is 4.74 Å². The first kappa shape index (κ1) is 25.1. The van der Waals surface area contributed by atoms with E-state index in [0.717, 1.165) is 5.56 Å². The van der Waals surface area contributed by atoms with Crippen LogP contribution in [0.4, 0.5) is 8.78 Å². The van der Waals surface area contributed by atoms with E-state index < -0.39 is 29.4 Å². The number of ether oxygens (including phenoxy) is 1. The van der Waals surface area contributed by atoms with Gasteiger partial charge in [-0.15, -0.1) is 0 Å². The van der Waals surface area contributed by atoms with Gasteiger partial charge in [0.15, 0.2) is 0 Å². The van der Waals surface area contributed by atoms with E-state index in [0.29, 0.717) is 22.4 Å². The third-order valence-electron chi connectivity index (χ3n) is 6.46. The molecule has 1 heterocycles. The molecule has 7 heteroatoms. The highest BCUT2D eigenvalue weighted by molar-refractivity contribution is 6.46. The molecule has 1 aliphatic heterocycles. The molecule has 0 saturated carbocycles. The number of carbonyl (C=O) groups is 2. The summed E-state index contributed by atoms with van der Waals surface area (Å²) >= 11 is 0. The Kier molecular flexibility index (Phi) is 6.93. The molecule has 1 unspecified atom stereocenters. The lowest BCUT2D eigenvalue weighted by Crippen LogP contribution is -2.29. The standard InChI is InChI=1S/C29H27F2NO4/c1-16(2)21-14-22(17(3)13-24(21)36-4)27(33)25-26(20-7-5-6-8-23(20)31)32(29(35)28(25)34)15-18-9-11-19(30)12-10-18/h5-14,16,26,33H,15H2,1-4H3/b27-25+. The number of hydrogen-bond donors (Lipinski definition) is 1. The van der Waals surface area contributed by atoms with E-state index in [1.54, 1.807) is 32.2 Å². The molecule has 0 aromatic heterocycles. The number of halogens is 2. The summed E-state index contributed by atoms with van der Waals surface area (Å²) in [7, 11) is 1.55. The summed E-state index contributed by atoms with van der Waals surface area (Å²) in [4.78, 5) is 27.7. The van der Waals surface area contributed by atoms with Crippen molar-refractivity contribution in [2.75, 3.05) is 7.11 Å². The van der Waals surface area contributed by atoms with E-state index in [2.05, 4.69) is 0 Å². The Morgan fingerprint density at radius 2 is 1.72 bits per heavy atom. The summed E-state index contributed by atoms with van der Waals surface area (Å²) in [6.07, 6.45) is 0. The molecule has 1 atom stereocenters. The van der Waals surface area contributed by atoms with Gasteiger partial charge >= 0.3 is 0 Å². The van der Waals surface area contributed by atoms with Crippen molar-refractivity contribution < 1.29 is 28.2 Å². The number of hydrogen-bond acceptors (Lipinski definition) is 4. The Bertz CT molecular complexity index is 1360. The lowest BCUT2D eigenvalue weighted by atomic mass is 9.91. The highest BCUT2D eigenvalue weighted by Crippen LogP contribution is 2.42. The van der Waals surface area contributed by atoms with Crippen molar-refractivity contribution in [3.05, 3.63) is 106 Å². The van der Waals surface area contributed by atoms with Crippen LogP contribution in [0.5, 0.6) is 5.75 Å². The van der Waals surface area contributed by atoms with Gasteiger partial charge in [-0.3, -0.25) is 9.59 Å². The number of methoxy groups -OCH3 is 1. The highest BCUT2D eigenvalue weighted by atomic mass is 19.1. The molecule has 1 fully saturated rings. The number of nitrogens with zero attached hydrogens (tertiary/aromatic N) is 1. The molecule has 1 saturated heterocycles. The molecule has 0 aliphatic carbocycles. The molecule has 5 nitrogen and oxygen atoms in total. The second-order valence-corrected chi connectivity index (χ2v) is 9.14. The van der Waals surface area contributed by atoms with Gasteiger partial charge in [-0.05, 0) is 59.9 Å². The second-order valence-electron chi connectivity index (χ2n) is 9.14. The van der Waals surface area contributed by atoms with E-state index in [1.165, 1.54) is 47.4 Å². The third kappa shape index (κ3) is 4.49. The molecular weight excluding hydrogens is 464 g/mol. The highest BCUT2D eigenvalue weighted by Gasteiger charge is 2.47. The molecule has 186 valence electrons. The maximum atomic E-state index is 15.0. The molecule has 1 aliphatic rings. The lowest BCUT2D eigenvalue weighted by Gasteiger charge is -2.26. The van der Waals surface area contributed by atoms with Crippen LogP contribution in [0, 0.1) is 18.6 Å². The summed E-state index contributed by atoms with van der Waals surface area (Å²) < 4.78 is 33.9. The van der Waals surface area contributed by atoms with E-state index in [-0.39, 0.29) is 29.4 Å². The molecule has 1 amide bonds. The molecular formula is C29H27F2NO4. The Morgan fingerprint density at radius 1 is 1.06 bits per heavy atom. The third-order valence-corrected chi connectivity index (χ3v) is 6.46. The predicted octanol–water partition coefficient (Wildman–Crippen LogP) is 6.03. The van der Waals surface area contributed by atoms with Gasteiger partial charge in [-0.1, -0.05) is 44.2 Å². The molecule has 1 N–H and O–H groups in total. The summed E-state index contributed by atoms with van der Waals surface area (Å²) in [5.41, 5.74) is 2.24. The maximum absolute atomic E-state index is 15.0.